The van der Waals surface area contributed by atoms with Gasteiger partial charge in [0.15, 0.2) is 5.54 Å². The van der Waals surface area contributed by atoms with Crippen LogP contribution in [0.4, 0.5) is 0 Å². The number of nitrogens with zero attached hydrogens (tertiary/aromatic N) is 3. The molecule has 1 atom stereocenters. The van der Waals surface area contributed by atoms with Crippen molar-refractivity contribution in [3.05, 3.63) is 35.5 Å². The minimum absolute atomic E-state index is 0.0212. The van der Waals surface area contributed by atoms with Crippen molar-refractivity contribution in [2.24, 2.45) is 0 Å². The topological polar surface area (TPSA) is 68.9 Å². The maximum atomic E-state index is 13.6. The highest BCUT2D eigenvalue weighted by atomic mass is 16.5. The van der Waals surface area contributed by atoms with Crippen molar-refractivity contribution in [2.45, 2.75) is 18.9 Å². The smallest absolute Gasteiger partial charge is 0.254 e. The number of hydrogen-bond donors (Lipinski definition) is 1. The molecule has 5 rings (SSSR count). The number of aromatic amines is 1. The zero-order chi connectivity index (χ0) is 19.3. The van der Waals surface area contributed by atoms with E-state index in [-0.39, 0.29) is 18.4 Å². The number of aromatic nitrogens is 1. The number of fused-ring (bicyclic) bond motifs is 5. The summed E-state index contributed by atoms with van der Waals surface area (Å²) in [6.45, 7) is 7.25. The largest absolute Gasteiger partial charge is 0.379 e. The zero-order valence-corrected chi connectivity index (χ0v) is 16.2. The summed E-state index contributed by atoms with van der Waals surface area (Å²) < 4.78 is 5.40. The summed E-state index contributed by atoms with van der Waals surface area (Å²) in [5, 5.41) is 1.16. The molecule has 0 saturated carbocycles. The monoisotopic (exact) mass is 382 g/mol. The summed E-state index contributed by atoms with van der Waals surface area (Å²) in [7, 11) is 0. The number of piperazine rings is 1. The van der Waals surface area contributed by atoms with Crippen LogP contribution in [0.5, 0.6) is 0 Å². The first kappa shape index (κ1) is 17.7. The fourth-order valence-corrected chi connectivity index (χ4v) is 4.95. The lowest BCUT2D eigenvalue weighted by molar-refractivity contribution is -0.166. The van der Waals surface area contributed by atoms with E-state index < -0.39 is 5.54 Å². The van der Waals surface area contributed by atoms with E-state index in [2.05, 4.69) is 16.0 Å². The first-order valence-electron chi connectivity index (χ1n) is 10.1. The summed E-state index contributed by atoms with van der Waals surface area (Å²) in [5.74, 6) is 0.0567. The number of para-hydroxylation sites is 1. The van der Waals surface area contributed by atoms with Crippen LogP contribution in [0.25, 0.3) is 10.9 Å². The van der Waals surface area contributed by atoms with Gasteiger partial charge in [0.2, 0.25) is 5.91 Å². The highest BCUT2D eigenvalue weighted by Gasteiger charge is 2.53. The van der Waals surface area contributed by atoms with Gasteiger partial charge in [-0.05, 0) is 25.0 Å². The molecule has 3 aliphatic heterocycles. The van der Waals surface area contributed by atoms with Crippen LogP contribution in [-0.4, -0.2) is 84.0 Å². The maximum Gasteiger partial charge on any atom is 0.254 e. The quantitative estimate of drug-likeness (QED) is 0.858. The molecular weight excluding hydrogens is 356 g/mol. The molecule has 2 aromatic rings. The summed E-state index contributed by atoms with van der Waals surface area (Å²) in [5.41, 5.74) is 2.13. The molecule has 4 heterocycles. The summed E-state index contributed by atoms with van der Waals surface area (Å²) in [6.07, 6.45) is 0.779. The molecule has 2 fully saturated rings. The molecule has 0 aliphatic carbocycles. The number of amides is 2. The van der Waals surface area contributed by atoms with Gasteiger partial charge >= 0.3 is 0 Å². The van der Waals surface area contributed by atoms with Crippen molar-refractivity contribution < 1.29 is 14.3 Å². The van der Waals surface area contributed by atoms with Gasteiger partial charge in [0.1, 0.15) is 0 Å². The molecule has 0 bridgehead atoms. The van der Waals surface area contributed by atoms with Crippen molar-refractivity contribution in [3.8, 4) is 0 Å². The van der Waals surface area contributed by atoms with E-state index in [0.29, 0.717) is 13.1 Å². The van der Waals surface area contributed by atoms with Crippen LogP contribution in [-0.2, 0) is 26.3 Å². The average Bonchev–Trinajstić information content (AvgIpc) is 3.11. The Morgan fingerprint density at radius 1 is 1.11 bits per heavy atom. The van der Waals surface area contributed by atoms with Crippen molar-refractivity contribution in [3.63, 3.8) is 0 Å². The number of benzene rings is 1. The lowest BCUT2D eigenvalue weighted by atomic mass is 9.83. The summed E-state index contributed by atoms with van der Waals surface area (Å²) in [6, 6.07) is 8.14. The van der Waals surface area contributed by atoms with Crippen LogP contribution < -0.4 is 0 Å². The second-order valence-corrected chi connectivity index (χ2v) is 8.07. The Morgan fingerprint density at radius 2 is 1.89 bits per heavy atom. The van der Waals surface area contributed by atoms with Crippen LogP contribution in [0.2, 0.25) is 0 Å². The lowest BCUT2D eigenvalue weighted by Gasteiger charge is -2.49. The summed E-state index contributed by atoms with van der Waals surface area (Å²) in [4.78, 5) is 35.8. The fourth-order valence-electron chi connectivity index (χ4n) is 4.95. The molecule has 0 radical (unpaired) electrons. The molecule has 2 amide bonds. The number of morpholine rings is 1. The number of carbonyl (C=O) groups is 2. The Bertz CT molecular complexity index is 933. The Kier molecular flexibility index (Phi) is 4.17. The van der Waals surface area contributed by atoms with E-state index in [9.17, 15) is 9.59 Å². The number of H-pyrrole nitrogens is 1. The third-order valence-corrected chi connectivity index (χ3v) is 6.55. The molecule has 1 unspecified atom stereocenters. The Hall–Kier alpha value is -2.38. The second kappa shape index (κ2) is 6.60. The van der Waals surface area contributed by atoms with Crippen LogP contribution in [0, 0.1) is 0 Å². The molecule has 1 N–H and O–H groups in total. The predicted molar refractivity (Wildman–Crippen MR) is 105 cm³/mol. The third-order valence-electron chi connectivity index (χ3n) is 6.55. The van der Waals surface area contributed by atoms with Gasteiger partial charge in [-0.15, -0.1) is 0 Å². The Labute approximate surface area is 164 Å². The predicted octanol–water partition coefficient (Wildman–Crippen LogP) is 0.942. The number of carbonyl (C=O) groups excluding carboxylic acids is 2. The summed E-state index contributed by atoms with van der Waals surface area (Å²) >= 11 is 0. The van der Waals surface area contributed by atoms with Gasteiger partial charge in [-0.2, -0.15) is 0 Å². The molecule has 148 valence electrons. The SMILES string of the molecule is CC12C(=O)N(CCN3CCOCC3)CC(=O)N1CCc1c2[nH]c2ccccc12. The highest BCUT2D eigenvalue weighted by molar-refractivity contribution is 6.00. The van der Waals surface area contributed by atoms with Crippen molar-refractivity contribution in [2.75, 3.05) is 52.5 Å². The minimum atomic E-state index is -0.951. The molecule has 1 aromatic heterocycles. The molecule has 7 heteroatoms. The fraction of sp³-hybridized carbons (Fsp3) is 0.524. The minimum Gasteiger partial charge on any atom is -0.379 e. The van der Waals surface area contributed by atoms with Gasteiger partial charge in [0, 0.05) is 43.6 Å². The third kappa shape index (κ3) is 2.57. The Balaban J connectivity index is 1.47. The molecule has 1 aromatic carbocycles. The number of hydrogen-bond acceptors (Lipinski definition) is 4. The molecular formula is C21H26N4O3. The van der Waals surface area contributed by atoms with Gasteiger partial charge in [-0.25, -0.2) is 0 Å². The number of ether oxygens (including phenoxy) is 1. The molecule has 3 aliphatic rings. The number of rotatable bonds is 3. The number of nitrogens with one attached hydrogen (secondary N) is 1. The molecule has 2 saturated heterocycles. The first-order valence-corrected chi connectivity index (χ1v) is 10.1. The van der Waals surface area contributed by atoms with Gasteiger partial charge in [-0.3, -0.25) is 14.5 Å². The normalized spacial score (nSPS) is 25.9. The van der Waals surface area contributed by atoms with E-state index in [1.165, 1.54) is 5.56 Å². The van der Waals surface area contributed by atoms with Crippen LogP contribution in [0.3, 0.4) is 0 Å². The van der Waals surface area contributed by atoms with Crippen LogP contribution >= 0.6 is 0 Å². The van der Waals surface area contributed by atoms with E-state index in [1.807, 2.05) is 25.1 Å². The lowest BCUT2D eigenvalue weighted by Crippen LogP contribution is -2.67. The highest BCUT2D eigenvalue weighted by Crippen LogP contribution is 2.41. The molecule has 7 nitrogen and oxygen atoms in total. The first-order chi connectivity index (χ1) is 13.6. The standard InChI is InChI=1S/C21H26N4O3/c1-21-19-16(15-4-2-3-5-17(15)22-19)6-7-25(21)18(26)14-24(20(21)27)9-8-23-10-12-28-13-11-23/h2-5,22H,6-14H2,1H3. The van der Waals surface area contributed by atoms with Crippen molar-refractivity contribution in [1.82, 2.24) is 19.7 Å². The van der Waals surface area contributed by atoms with Crippen LogP contribution in [0.15, 0.2) is 24.3 Å². The van der Waals surface area contributed by atoms with Crippen molar-refractivity contribution in [1.29, 1.82) is 0 Å². The van der Waals surface area contributed by atoms with Gasteiger partial charge in [-0.1, -0.05) is 18.2 Å². The maximum absolute atomic E-state index is 13.6. The van der Waals surface area contributed by atoms with Crippen LogP contribution in [0.1, 0.15) is 18.2 Å². The molecule has 28 heavy (non-hydrogen) atoms. The van der Waals surface area contributed by atoms with Gasteiger partial charge in [0.05, 0.1) is 25.5 Å². The Morgan fingerprint density at radius 3 is 2.71 bits per heavy atom. The zero-order valence-electron chi connectivity index (χ0n) is 16.2. The van der Waals surface area contributed by atoms with E-state index in [1.54, 1.807) is 9.80 Å². The molecule has 0 spiro atoms. The van der Waals surface area contributed by atoms with Gasteiger partial charge in [0.25, 0.3) is 5.91 Å². The van der Waals surface area contributed by atoms with E-state index in [4.69, 9.17) is 4.74 Å². The van der Waals surface area contributed by atoms with E-state index >= 15 is 0 Å². The second-order valence-electron chi connectivity index (χ2n) is 8.07. The average molecular weight is 382 g/mol. The van der Waals surface area contributed by atoms with Gasteiger partial charge < -0.3 is 19.5 Å². The van der Waals surface area contributed by atoms with E-state index in [0.717, 1.165) is 55.9 Å². The van der Waals surface area contributed by atoms with Crippen molar-refractivity contribution >= 4 is 22.7 Å².